The van der Waals surface area contributed by atoms with Gasteiger partial charge in [0.05, 0.1) is 22.2 Å². The summed E-state index contributed by atoms with van der Waals surface area (Å²) >= 11 is 0. The molecule has 379 valence electrons. The maximum absolute atomic E-state index is 10.7. The van der Waals surface area contributed by atoms with Gasteiger partial charge in [0.2, 0.25) is 0 Å². The van der Waals surface area contributed by atoms with Gasteiger partial charge in [0.25, 0.3) is 0 Å². The van der Waals surface area contributed by atoms with Crippen molar-refractivity contribution in [3.05, 3.63) is 185 Å². The molecular formula is C68H70IrN4O-2. The maximum atomic E-state index is 10.7. The molecule has 0 unspecified atom stereocenters. The summed E-state index contributed by atoms with van der Waals surface area (Å²) in [5.41, 5.74) is 18.1. The smallest absolute Gasteiger partial charge is 0.146 e. The number of hydrogen-bond donors (Lipinski definition) is 0. The van der Waals surface area contributed by atoms with Crippen molar-refractivity contribution in [3.8, 4) is 45.4 Å². The molecule has 74 heavy (non-hydrogen) atoms. The Bertz CT molecular complexity index is 3680. The minimum Gasteiger partial charge on any atom is -0.498 e. The first-order valence-electron chi connectivity index (χ1n) is 25.7. The van der Waals surface area contributed by atoms with Crippen molar-refractivity contribution in [2.75, 3.05) is 0 Å². The topological polar surface area (TPSA) is 67.6 Å². The summed E-state index contributed by atoms with van der Waals surface area (Å²) in [6, 6.07) is 52.2. The van der Waals surface area contributed by atoms with Gasteiger partial charge in [-0.25, -0.2) is 0 Å². The van der Waals surface area contributed by atoms with E-state index in [1.165, 1.54) is 22.3 Å². The SMILES string of the molecule is CC(C)(C)c1ccc(-c2[c-]ccc(C(C)(C)C)c2)nc1.Cc1cc(-c2[c-]cc(C(C)(C)C)c3c2oc2c(-n4c5ccc(C(C)(C)C)cc5c5cc(C(C)(C)C)ccc54)c(C#N)ccc23)ncc1-c1ccccc1.[Ir]. The summed E-state index contributed by atoms with van der Waals surface area (Å²) in [5.74, 6) is 0. The Morgan fingerprint density at radius 2 is 1.11 bits per heavy atom. The number of nitriles is 1. The third kappa shape index (κ3) is 10.3. The third-order valence-electron chi connectivity index (χ3n) is 14.4. The number of nitrogens with zero attached hydrogens (tertiary/aromatic N) is 4. The number of aromatic nitrogens is 3. The molecule has 1 radical (unpaired) electrons. The zero-order valence-corrected chi connectivity index (χ0v) is 48.6. The van der Waals surface area contributed by atoms with Crippen LogP contribution in [0, 0.1) is 30.4 Å². The van der Waals surface area contributed by atoms with Gasteiger partial charge in [-0.15, -0.1) is 53.1 Å². The third-order valence-corrected chi connectivity index (χ3v) is 14.4. The van der Waals surface area contributed by atoms with Gasteiger partial charge in [-0.05, 0) is 104 Å². The molecular weight excluding hydrogens is 1080 g/mol. The Morgan fingerprint density at radius 1 is 0.541 bits per heavy atom. The summed E-state index contributed by atoms with van der Waals surface area (Å²) in [6.45, 7) is 35.6. The van der Waals surface area contributed by atoms with Crippen molar-refractivity contribution in [1.82, 2.24) is 14.5 Å². The molecule has 0 aliphatic carbocycles. The van der Waals surface area contributed by atoms with Crippen molar-refractivity contribution in [2.24, 2.45) is 0 Å². The fourth-order valence-corrected chi connectivity index (χ4v) is 9.85. The van der Waals surface area contributed by atoms with Crippen molar-refractivity contribution < 1.29 is 24.5 Å². The Morgan fingerprint density at radius 3 is 1.64 bits per heavy atom. The van der Waals surface area contributed by atoms with Crippen LogP contribution in [0.5, 0.6) is 0 Å². The van der Waals surface area contributed by atoms with Crippen LogP contribution in [0.15, 0.2) is 138 Å². The average molecular weight is 1150 g/mol. The van der Waals surface area contributed by atoms with Crippen LogP contribution in [0.1, 0.15) is 143 Å². The van der Waals surface area contributed by atoms with E-state index in [1.54, 1.807) is 0 Å². The maximum Gasteiger partial charge on any atom is 0.146 e. The van der Waals surface area contributed by atoms with Crippen molar-refractivity contribution in [2.45, 2.75) is 138 Å². The number of aryl methyl sites for hydroxylation is 1. The second-order valence-corrected chi connectivity index (χ2v) is 25.1. The first-order valence-corrected chi connectivity index (χ1v) is 25.7. The molecule has 0 fully saturated rings. The van der Waals surface area contributed by atoms with Gasteiger partial charge >= 0.3 is 0 Å². The van der Waals surface area contributed by atoms with E-state index in [9.17, 15) is 5.26 Å². The van der Waals surface area contributed by atoms with E-state index in [2.05, 4.69) is 242 Å². The van der Waals surface area contributed by atoms with Crippen LogP contribution < -0.4 is 0 Å². The van der Waals surface area contributed by atoms with E-state index in [4.69, 9.17) is 9.40 Å². The van der Waals surface area contributed by atoms with Crippen LogP contribution in [0.3, 0.4) is 0 Å². The molecule has 6 aromatic carbocycles. The number of benzene rings is 6. The molecule has 0 aliphatic heterocycles. The predicted octanol–water partition coefficient (Wildman–Crippen LogP) is 18.4. The van der Waals surface area contributed by atoms with Crippen LogP contribution in [-0.2, 0) is 47.2 Å². The molecule has 10 rings (SSSR count). The van der Waals surface area contributed by atoms with E-state index < -0.39 is 0 Å². The molecule has 5 nitrogen and oxygen atoms in total. The minimum atomic E-state index is -0.196. The molecule has 0 aliphatic rings. The van der Waals surface area contributed by atoms with Gasteiger partial charge in [-0.3, -0.25) is 0 Å². The molecule has 10 aromatic rings. The second kappa shape index (κ2) is 19.6. The number of furan rings is 1. The number of fused-ring (bicyclic) bond motifs is 6. The molecule has 0 spiro atoms. The minimum absolute atomic E-state index is 0. The van der Waals surface area contributed by atoms with E-state index in [-0.39, 0.29) is 47.2 Å². The van der Waals surface area contributed by atoms with Crippen LogP contribution in [0.25, 0.3) is 83.1 Å². The van der Waals surface area contributed by atoms with Crippen molar-refractivity contribution >= 4 is 43.7 Å². The van der Waals surface area contributed by atoms with E-state index in [0.29, 0.717) is 11.1 Å². The molecule has 4 aromatic heterocycles. The second-order valence-electron chi connectivity index (χ2n) is 25.1. The average Bonchev–Trinajstić information content (AvgIpc) is 3.88. The number of rotatable bonds is 4. The summed E-state index contributed by atoms with van der Waals surface area (Å²) in [6.07, 6.45) is 3.93. The zero-order chi connectivity index (χ0) is 52.6. The Labute approximate surface area is 453 Å². The normalized spacial score (nSPS) is 12.5. The molecule has 0 bridgehead atoms. The van der Waals surface area contributed by atoms with Gasteiger partial charge in [-0.1, -0.05) is 182 Å². The van der Waals surface area contributed by atoms with Crippen molar-refractivity contribution in [3.63, 3.8) is 0 Å². The van der Waals surface area contributed by atoms with Gasteiger partial charge in [0, 0.05) is 54.2 Å². The molecule has 0 amide bonds. The molecule has 0 N–H and O–H groups in total. The fourth-order valence-electron chi connectivity index (χ4n) is 9.85. The van der Waals surface area contributed by atoms with Gasteiger partial charge in [-0.2, -0.15) is 5.26 Å². The Balaban J connectivity index is 0.000000292. The molecule has 0 saturated heterocycles. The molecule has 4 heterocycles. The van der Waals surface area contributed by atoms with Crippen LogP contribution in [-0.4, -0.2) is 14.5 Å². The van der Waals surface area contributed by atoms with Gasteiger partial charge in [0.15, 0.2) is 0 Å². The number of hydrogen-bond acceptors (Lipinski definition) is 4. The van der Waals surface area contributed by atoms with Crippen LogP contribution in [0.2, 0.25) is 0 Å². The van der Waals surface area contributed by atoms with Gasteiger partial charge < -0.3 is 19.0 Å². The molecule has 0 saturated carbocycles. The van der Waals surface area contributed by atoms with E-state index >= 15 is 0 Å². The zero-order valence-electron chi connectivity index (χ0n) is 46.2. The standard InChI is InChI=1S/C49H46N3O.C19H24N.Ir/c1-29-24-40(51-28-38(29)30-14-12-11-13-15-30)34-20-21-39(49(8,9)10)43-35-19-16-31(27-50)44(46(35)53-45(34)43)52-41-22-17-32(47(2,3)4)25-36(41)37-26-33(48(5,6)7)18-23-42(37)52;1-18(2,3)15-9-7-8-14(12-15)17-11-10-16(13-20-17)19(4,5)6;/h11-19,21-26,28H,1-10H3;7,9-13H,1-6H3;/q2*-1;. The van der Waals surface area contributed by atoms with E-state index in [1.807, 2.05) is 30.6 Å². The van der Waals surface area contributed by atoms with Crippen LogP contribution in [0.4, 0.5) is 0 Å². The Hall–Kier alpha value is -6.64. The summed E-state index contributed by atoms with van der Waals surface area (Å²) in [5, 5.41) is 15.1. The van der Waals surface area contributed by atoms with Crippen molar-refractivity contribution in [1.29, 1.82) is 5.26 Å². The predicted molar refractivity (Wildman–Crippen MR) is 307 cm³/mol. The van der Waals surface area contributed by atoms with Gasteiger partial charge in [0.1, 0.15) is 17.3 Å². The summed E-state index contributed by atoms with van der Waals surface area (Å²) in [4.78, 5) is 9.60. The quantitative estimate of drug-likeness (QED) is 0.165. The molecule has 6 heteroatoms. The first-order chi connectivity index (χ1) is 34.2. The van der Waals surface area contributed by atoms with E-state index in [0.717, 1.165) is 88.6 Å². The number of pyridine rings is 2. The monoisotopic (exact) mass is 1150 g/mol. The summed E-state index contributed by atoms with van der Waals surface area (Å²) < 4.78 is 9.39. The molecule has 0 atom stereocenters. The summed E-state index contributed by atoms with van der Waals surface area (Å²) in [7, 11) is 0. The Kier molecular flexibility index (Phi) is 14.2. The largest absolute Gasteiger partial charge is 0.498 e. The first kappa shape index (κ1) is 53.6. The van der Waals surface area contributed by atoms with Crippen LogP contribution >= 0.6 is 0 Å². The fraction of sp³-hybridized carbons (Fsp3) is 0.309.